The van der Waals surface area contributed by atoms with Gasteiger partial charge in [0.15, 0.2) is 5.16 Å². The van der Waals surface area contributed by atoms with Crippen LogP contribution in [0.5, 0.6) is 0 Å². The van der Waals surface area contributed by atoms with Crippen LogP contribution in [0.15, 0.2) is 53.9 Å². The van der Waals surface area contributed by atoms with E-state index in [0.29, 0.717) is 29.5 Å². The number of anilines is 2. The number of ether oxygens (including phenoxy) is 1. The van der Waals surface area contributed by atoms with Crippen molar-refractivity contribution in [3.8, 4) is 0 Å². The molecule has 7 nitrogen and oxygen atoms in total. The lowest BCUT2D eigenvalue weighted by Gasteiger charge is -2.31. The molecule has 0 atom stereocenters. The quantitative estimate of drug-likeness (QED) is 0.579. The first-order chi connectivity index (χ1) is 14.2. The molecule has 150 valence electrons. The van der Waals surface area contributed by atoms with Gasteiger partial charge in [-0.2, -0.15) is 5.10 Å². The van der Waals surface area contributed by atoms with Crippen LogP contribution in [0.2, 0.25) is 5.02 Å². The highest BCUT2D eigenvalue weighted by Crippen LogP contribution is 2.34. The summed E-state index contributed by atoms with van der Waals surface area (Å²) in [5.41, 5.74) is 3.23. The third-order valence-electron chi connectivity index (χ3n) is 4.55. The summed E-state index contributed by atoms with van der Waals surface area (Å²) >= 11 is 8.00. The highest BCUT2D eigenvalue weighted by molar-refractivity contribution is 7.98. The molecule has 0 bridgehead atoms. The van der Waals surface area contributed by atoms with Crippen molar-refractivity contribution in [1.29, 1.82) is 0 Å². The summed E-state index contributed by atoms with van der Waals surface area (Å²) < 4.78 is 5.42. The van der Waals surface area contributed by atoms with Gasteiger partial charge in [-0.1, -0.05) is 41.6 Å². The van der Waals surface area contributed by atoms with Gasteiger partial charge >= 0.3 is 0 Å². The minimum absolute atomic E-state index is 0.170. The Kier molecular flexibility index (Phi) is 6.33. The van der Waals surface area contributed by atoms with Crippen molar-refractivity contribution >= 4 is 40.6 Å². The third-order valence-corrected chi connectivity index (χ3v) is 5.80. The molecule has 4 rings (SSSR count). The minimum atomic E-state index is -0.170. The van der Waals surface area contributed by atoms with Crippen molar-refractivity contribution in [2.24, 2.45) is 0 Å². The summed E-state index contributed by atoms with van der Waals surface area (Å²) in [6, 6.07) is 13.1. The van der Waals surface area contributed by atoms with Crippen molar-refractivity contribution in [3.05, 3.63) is 64.9 Å². The van der Waals surface area contributed by atoms with Crippen molar-refractivity contribution in [3.63, 3.8) is 0 Å². The third kappa shape index (κ3) is 4.90. The van der Waals surface area contributed by atoms with Gasteiger partial charge < -0.3 is 15.0 Å². The largest absolute Gasteiger partial charge is 0.378 e. The monoisotopic (exact) mass is 429 g/mol. The summed E-state index contributed by atoms with van der Waals surface area (Å²) in [4.78, 5) is 19.0. The van der Waals surface area contributed by atoms with Crippen LogP contribution in [-0.4, -0.2) is 47.4 Å². The Bertz CT molecular complexity index is 960. The first-order valence-corrected chi connectivity index (χ1v) is 10.6. The molecule has 1 fully saturated rings. The van der Waals surface area contributed by atoms with Gasteiger partial charge in [0, 0.05) is 24.4 Å². The van der Waals surface area contributed by atoms with Crippen molar-refractivity contribution in [1.82, 2.24) is 15.2 Å². The number of hydrogen-bond acceptors (Lipinski definition) is 6. The molecule has 1 saturated heterocycles. The molecule has 29 heavy (non-hydrogen) atoms. The van der Waals surface area contributed by atoms with Gasteiger partial charge in [-0.25, -0.2) is 4.98 Å². The average Bonchev–Trinajstić information content (AvgIpc) is 3.27. The molecular weight excluding hydrogens is 410 g/mol. The summed E-state index contributed by atoms with van der Waals surface area (Å²) in [5.74, 6) is 0.572. The topological polar surface area (TPSA) is 83.1 Å². The van der Waals surface area contributed by atoms with Crippen molar-refractivity contribution in [2.45, 2.75) is 10.9 Å². The van der Waals surface area contributed by atoms with Gasteiger partial charge in [0.1, 0.15) is 6.33 Å². The van der Waals surface area contributed by atoms with Crippen LogP contribution < -0.4 is 10.2 Å². The number of morpholine rings is 1. The molecule has 2 aromatic carbocycles. The lowest BCUT2D eigenvalue weighted by atomic mass is 10.1. The van der Waals surface area contributed by atoms with E-state index in [1.807, 2.05) is 42.5 Å². The number of carbonyl (C=O) groups is 1. The second-order valence-corrected chi connectivity index (χ2v) is 7.84. The number of amides is 1. The van der Waals surface area contributed by atoms with E-state index in [4.69, 9.17) is 16.3 Å². The maximum absolute atomic E-state index is 12.8. The number of aromatic amines is 1. The Balaban J connectivity index is 1.44. The number of halogens is 1. The molecule has 1 amide bonds. The van der Waals surface area contributed by atoms with Crippen LogP contribution in [0.1, 0.15) is 15.9 Å². The van der Waals surface area contributed by atoms with Gasteiger partial charge in [0.05, 0.1) is 29.6 Å². The Morgan fingerprint density at radius 1 is 1.21 bits per heavy atom. The Morgan fingerprint density at radius 3 is 2.72 bits per heavy atom. The molecule has 1 aromatic heterocycles. The molecule has 2 N–H and O–H groups in total. The van der Waals surface area contributed by atoms with Gasteiger partial charge in [0.25, 0.3) is 5.91 Å². The van der Waals surface area contributed by atoms with Gasteiger partial charge in [-0.3, -0.25) is 9.89 Å². The molecule has 9 heteroatoms. The highest BCUT2D eigenvalue weighted by atomic mass is 35.5. The highest BCUT2D eigenvalue weighted by Gasteiger charge is 2.19. The summed E-state index contributed by atoms with van der Waals surface area (Å²) in [7, 11) is 0. The van der Waals surface area contributed by atoms with Crippen LogP contribution in [0, 0.1) is 0 Å². The maximum atomic E-state index is 12.8. The fourth-order valence-corrected chi connectivity index (χ4v) is 4.12. The average molecular weight is 430 g/mol. The number of nitrogens with one attached hydrogen (secondary N) is 2. The van der Waals surface area contributed by atoms with E-state index in [1.54, 1.807) is 11.8 Å². The lowest BCUT2D eigenvalue weighted by molar-refractivity contribution is 0.102. The van der Waals surface area contributed by atoms with E-state index < -0.39 is 0 Å². The first kappa shape index (κ1) is 19.8. The zero-order valence-corrected chi connectivity index (χ0v) is 17.2. The van der Waals surface area contributed by atoms with E-state index in [2.05, 4.69) is 25.4 Å². The number of H-pyrrole nitrogens is 1. The predicted octanol–water partition coefficient (Wildman–Crippen LogP) is 3.84. The predicted molar refractivity (Wildman–Crippen MR) is 115 cm³/mol. The standard InChI is InChI=1S/C20H20ClN5O2S/c21-16-2-1-3-17(18(16)26-8-10-28-11-9-26)24-19(27)15-6-4-14(5-7-15)12-29-20-22-13-23-25-20/h1-7,13H,8-12H2,(H,24,27)(H,22,23,25). The van der Waals surface area contributed by atoms with Crippen LogP contribution in [-0.2, 0) is 10.5 Å². The maximum Gasteiger partial charge on any atom is 0.255 e. The minimum Gasteiger partial charge on any atom is -0.378 e. The SMILES string of the molecule is O=C(Nc1cccc(Cl)c1N1CCOCC1)c1ccc(CSc2ncn[nH]2)cc1. The summed E-state index contributed by atoms with van der Waals surface area (Å²) in [6.45, 7) is 2.77. The number of hydrogen-bond donors (Lipinski definition) is 2. The van der Waals surface area contributed by atoms with Gasteiger partial charge in [-0.05, 0) is 29.8 Å². The number of para-hydroxylation sites is 1. The smallest absolute Gasteiger partial charge is 0.255 e. The number of benzene rings is 2. The fraction of sp³-hybridized carbons (Fsp3) is 0.250. The Hall–Kier alpha value is -2.55. The zero-order chi connectivity index (χ0) is 20.1. The zero-order valence-electron chi connectivity index (χ0n) is 15.6. The Morgan fingerprint density at radius 2 is 2.00 bits per heavy atom. The fourth-order valence-electron chi connectivity index (χ4n) is 3.09. The molecule has 1 aliphatic heterocycles. The lowest BCUT2D eigenvalue weighted by Crippen LogP contribution is -2.37. The number of rotatable bonds is 6. The molecular formula is C20H20ClN5O2S. The normalized spacial score (nSPS) is 14.0. The number of thioether (sulfide) groups is 1. The van der Waals surface area contributed by atoms with E-state index in [1.165, 1.54) is 6.33 Å². The van der Waals surface area contributed by atoms with Crippen LogP contribution in [0.3, 0.4) is 0 Å². The van der Waals surface area contributed by atoms with Crippen molar-refractivity contribution < 1.29 is 9.53 Å². The Labute approximate surface area is 177 Å². The van der Waals surface area contributed by atoms with E-state index in [9.17, 15) is 4.79 Å². The van der Waals surface area contributed by atoms with Crippen LogP contribution >= 0.6 is 23.4 Å². The molecule has 0 aliphatic carbocycles. The molecule has 0 spiro atoms. The van der Waals surface area contributed by atoms with E-state index in [0.717, 1.165) is 35.2 Å². The molecule has 0 saturated carbocycles. The second-order valence-electron chi connectivity index (χ2n) is 6.47. The van der Waals surface area contributed by atoms with E-state index in [-0.39, 0.29) is 5.91 Å². The number of carbonyl (C=O) groups excluding carboxylic acids is 1. The number of aromatic nitrogens is 3. The van der Waals surface area contributed by atoms with Gasteiger partial charge in [-0.15, -0.1) is 0 Å². The summed E-state index contributed by atoms with van der Waals surface area (Å²) in [5, 5.41) is 11.0. The molecule has 1 aliphatic rings. The van der Waals surface area contributed by atoms with Gasteiger partial charge in [0.2, 0.25) is 0 Å². The summed E-state index contributed by atoms with van der Waals surface area (Å²) in [6.07, 6.45) is 1.48. The van der Waals surface area contributed by atoms with Crippen molar-refractivity contribution in [2.75, 3.05) is 36.5 Å². The van der Waals surface area contributed by atoms with Crippen LogP contribution in [0.4, 0.5) is 11.4 Å². The molecule has 0 unspecified atom stereocenters. The second kappa shape index (κ2) is 9.30. The van der Waals surface area contributed by atoms with Crippen LogP contribution in [0.25, 0.3) is 0 Å². The molecule has 3 aromatic rings. The van der Waals surface area contributed by atoms with E-state index >= 15 is 0 Å². The number of nitrogens with zero attached hydrogens (tertiary/aromatic N) is 3. The first-order valence-electron chi connectivity index (χ1n) is 9.20. The molecule has 0 radical (unpaired) electrons. The molecule has 2 heterocycles.